The van der Waals surface area contributed by atoms with Gasteiger partial charge >= 0.3 is 0 Å². The highest BCUT2D eigenvalue weighted by molar-refractivity contribution is 5.81. The summed E-state index contributed by atoms with van der Waals surface area (Å²) < 4.78 is 0. The van der Waals surface area contributed by atoms with E-state index in [0.29, 0.717) is 0 Å². The molecule has 0 aromatic carbocycles. The zero-order valence-electron chi connectivity index (χ0n) is 7.37. The zero-order valence-corrected chi connectivity index (χ0v) is 7.37. The molecule has 1 amide bonds. The van der Waals surface area contributed by atoms with Gasteiger partial charge in [0.2, 0.25) is 5.91 Å². The van der Waals surface area contributed by atoms with Gasteiger partial charge in [0.1, 0.15) is 0 Å². The fraction of sp³-hybridized carbons (Fsp3) is 0.556. The Morgan fingerprint density at radius 3 is 3.00 bits per heavy atom. The molecule has 1 saturated carbocycles. The Bertz CT molecular complexity index is 388. The van der Waals surface area contributed by atoms with Gasteiger partial charge in [-0.15, -0.1) is 0 Å². The van der Waals surface area contributed by atoms with Gasteiger partial charge in [-0.25, -0.2) is 0 Å². The van der Waals surface area contributed by atoms with E-state index in [1.807, 2.05) is 12.2 Å². The van der Waals surface area contributed by atoms with E-state index < -0.39 is 5.91 Å². The van der Waals surface area contributed by atoms with Crippen LogP contribution in [0.15, 0.2) is 17.3 Å². The maximum absolute atomic E-state index is 11.4. The Kier molecular flexibility index (Phi) is 1.99. The molecule has 5 nitrogen and oxygen atoms in total. The van der Waals surface area contributed by atoms with Gasteiger partial charge < -0.3 is 0 Å². The molecule has 0 spiro atoms. The molecule has 0 heterocycles. The number of nitriles is 1. The van der Waals surface area contributed by atoms with E-state index in [1.165, 1.54) is 0 Å². The summed E-state index contributed by atoms with van der Waals surface area (Å²) in [5, 5.41) is 11.9. The third-order valence-corrected chi connectivity index (χ3v) is 3.04. The van der Waals surface area contributed by atoms with Crippen molar-refractivity contribution in [1.82, 2.24) is 0 Å². The van der Waals surface area contributed by atoms with Crippen molar-refractivity contribution >= 4 is 5.91 Å². The van der Waals surface area contributed by atoms with Crippen molar-refractivity contribution in [2.45, 2.75) is 6.42 Å². The molecule has 1 fully saturated rings. The van der Waals surface area contributed by atoms with Crippen molar-refractivity contribution in [3.63, 3.8) is 0 Å². The van der Waals surface area contributed by atoms with Crippen LogP contribution in [0.3, 0.4) is 0 Å². The lowest BCUT2D eigenvalue weighted by Gasteiger charge is -2.11. The molecule has 2 rings (SSSR count). The molecule has 0 saturated heterocycles. The number of hydrogen-bond donors (Lipinski definition) is 0. The highest BCUT2D eigenvalue weighted by atomic mass is 16.1. The van der Waals surface area contributed by atoms with Gasteiger partial charge in [0.25, 0.3) is 0 Å². The molecule has 2 aliphatic rings. The number of nitrogens with zero attached hydrogens (tertiary/aromatic N) is 4. The summed E-state index contributed by atoms with van der Waals surface area (Å²) in [6.07, 6.45) is 4.57. The number of amides is 1. The third-order valence-electron chi connectivity index (χ3n) is 3.04. The van der Waals surface area contributed by atoms with Gasteiger partial charge in [-0.05, 0) is 23.0 Å². The number of rotatable bonds is 1. The maximum atomic E-state index is 11.4. The first-order valence-corrected chi connectivity index (χ1v) is 4.45. The van der Waals surface area contributed by atoms with Gasteiger partial charge in [-0.3, -0.25) is 4.79 Å². The molecule has 0 N–H and O–H groups in total. The summed E-state index contributed by atoms with van der Waals surface area (Å²) in [5.41, 5.74) is 8.17. The highest BCUT2D eigenvalue weighted by Gasteiger charge is 2.47. The molecule has 0 radical (unpaired) electrons. The van der Waals surface area contributed by atoms with Crippen molar-refractivity contribution in [2.75, 3.05) is 0 Å². The fourth-order valence-electron chi connectivity index (χ4n) is 2.45. The molecule has 5 heteroatoms. The van der Waals surface area contributed by atoms with Crippen LogP contribution >= 0.6 is 0 Å². The second-order valence-corrected chi connectivity index (χ2v) is 3.65. The fourth-order valence-corrected chi connectivity index (χ4v) is 2.45. The molecular weight excluding hydrogens is 180 g/mol. The van der Waals surface area contributed by atoms with Crippen molar-refractivity contribution < 1.29 is 4.79 Å². The lowest BCUT2D eigenvalue weighted by atomic mass is 9.92. The van der Waals surface area contributed by atoms with Crippen LogP contribution in [0.1, 0.15) is 6.42 Å². The van der Waals surface area contributed by atoms with Gasteiger partial charge in [0.15, 0.2) is 0 Å². The van der Waals surface area contributed by atoms with Crippen LogP contribution in [0.2, 0.25) is 0 Å². The molecule has 0 aromatic rings. The number of fused-ring (bicyclic) bond motifs is 2. The smallest absolute Gasteiger partial charge is 0.223 e. The average Bonchev–Trinajstić information content (AvgIpc) is 2.74. The van der Waals surface area contributed by atoms with Crippen LogP contribution < -0.4 is 0 Å². The van der Waals surface area contributed by atoms with Crippen LogP contribution in [-0.2, 0) is 4.79 Å². The van der Waals surface area contributed by atoms with Crippen LogP contribution in [-0.4, -0.2) is 5.91 Å². The van der Waals surface area contributed by atoms with E-state index in [9.17, 15) is 4.79 Å². The Morgan fingerprint density at radius 2 is 2.43 bits per heavy atom. The molecule has 4 unspecified atom stereocenters. The van der Waals surface area contributed by atoms with E-state index >= 15 is 0 Å². The van der Waals surface area contributed by atoms with Crippen LogP contribution in [0.5, 0.6) is 0 Å². The Balaban J connectivity index is 2.23. The molecule has 0 aliphatic heterocycles. The number of carbonyl (C=O) groups is 1. The van der Waals surface area contributed by atoms with Crippen LogP contribution in [0, 0.1) is 35.0 Å². The minimum Gasteiger partial charge on any atom is -0.292 e. The van der Waals surface area contributed by atoms with Gasteiger partial charge in [0, 0.05) is 16.7 Å². The topological polar surface area (TPSA) is 89.6 Å². The second-order valence-electron chi connectivity index (χ2n) is 3.65. The van der Waals surface area contributed by atoms with Crippen molar-refractivity contribution in [3.8, 4) is 6.07 Å². The molecule has 2 bridgehead atoms. The molecule has 70 valence electrons. The van der Waals surface area contributed by atoms with Gasteiger partial charge in [-0.1, -0.05) is 12.2 Å². The monoisotopic (exact) mass is 188 g/mol. The summed E-state index contributed by atoms with van der Waals surface area (Å²) in [6, 6.07) is 2.18. The first-order chi connectivity index (χ1) is 6.77. The summed E-state index contributed by atoms with van der Waals surface area (Å²) >= 11 is 0. The summed E-state index contributed by atoms with van der Waals surface area (Å²) in [5.74, 6) is -0.737. The lowest BCUT2D eigenvalue weighted by Crippen LogP contribution is -2.18. The lowest BCUT2D eigenvalue weighted by molar-refractivity contribution is -0.122. The van der Waals surface area contributed by atoms with E-state index in [2.05, 4.69) is 16.1 Å². The number of allylic oxidation sites excluding steroid dienone is 2. The normalized spacial score (nSPS) is 37.6. The quantitative estimate of drug-likeness (QED) is 0.271. The number of hydrogen-bond acceptors (Lipinski definition) is 2. The largest absolute Gasteiger partial charge is 0.292 e. The van der Waals surface area contributed by atoms with Crippen molar-refractivity contribution in [2.24, 2.45) is 28.8 Å². The van der Waals surface area contributed by atoms with Crippen LogP contribution in [0.25, 0.3) is 10.4 Å². The third kappa shape index (κ3) is 1.09. The average molecular weight is 188 g/mol. The Morgan fingerprint density at radius 1 is 1.64 bits per heavy atom. The van der Waals surface area contributed by atoms with Gasteiger partial charge in [-0.2, -0.15) is 5.26 Å². The van der Waals surface area contributed by atoms with Crippen LogP contribution in [0.4, 0.5) is 0 Å². The number of carbonyl (C=O) groups excluding carboxylic acids is 1. The summed E-state index contributed by atoms with van der Waals surface area (Å²) in [7, 11) is 0. The molecule has 2 aliphatic carbocycles. The van der Waals surface area contributed by atoms with Crippen molar-refractivity contribution in [1.29, 1.82) is 5.26 Å². The predicted molar refractivity (Wildman–Crippen MR) is 47.5 cm³/mol. The molecule has 0 aromatic heterocycles. The standard InChI is InChI=1S/C9H8N4O/c10-4-6-3-5-1-2-7(6)8(5)9(14)12-13-11/h1-2,5-8H,3H2. The molecule has 4 atom stereocenters. The van der Waals surface area contributed by atoms with E-state index in [1.54, 1.807) is 0 Å². The van der Waals surface area contributed by atoms with E-state index in [4.69, 9.17) is 10.8 Å². The Labute approximate surface area is 80.6 Å². The van der Waals surface area contributed by atoms with Crippen molar-refractivity contribution in [3.05, 3.63) is 22.6 Å². The first kappa shape index (κ1) is 8.79. The summed E-state index contributed by atoms with van der Waals surface area (Å²) in [6.45, 7) is 0. The first-order valence-electron chi connectivity index (χ1n) is 4.45. The van der Waals surface area contributed by atoms with Gasteiger partial charge in [0.05, 0.1) is 12.0 Å². The highest BCUT2D eigenvalue weighted by Crippen LogP contribution is 2.48. The zero-order chi connectivity index (χ0) is 10.1. The maximum Gasteiger partial charge on any atom is 0.223 e. The molecule has 14 heavy (non-hydrogen) atoms. The summed E-state index contributed by atoms with van der Waals surface area (Å²) in [4.78, 5) is 13.9. The minimum absolute atomic E-state index is 0.0389. The molecular formula is C9H8N4O. The predicted octanol–water partition coefficient (Wildman–Crippen LogP) is 1.79. The Hall–Kier alpha value is -1.79. The SMILES string of the molecule is N#CC1CC2C=CC1C2C(=O)N=[N+]=[N-]. The number of azide groups is 1. The minimum atomic E-state index is -0.426. The van der Waals surface area contributed by atoms with E-state index in [-0.39, 0.29) is 23.7 Å². The van der Waals surface area contributed by atoms with E-state index in [0.717, 1.165) is 6.42 Å². The second kappa shape index (κ2) is 3.17.